The number of hydrogen-bond acceptors (Lipinski definition) is 4. The van der Waals surface area contributed by atoms with Gasteiger partial charge in [0.15, 0.2) is 5.15 Å². The van der Waals surface area contributed by atoms with Crippen LogP contribution in [0.5, 0.6) is 0 Å². The molecule has 6 heteroatoms. The van der Waals surface area contributed by atoms with Gasteiger partial charge in [-0.1, -0.05) is 11.6 Å². The first-order chi connectivity index (χ1) is 8.08. The van der Waals surface area contributed by atoms with Gasteiger partial charge in [-0.15, -0.1) is 11.3 Å². The summed E-state index contributed by atoms with van der Waals surface area (Å²) in [5.41, 5.74) is 7.54. The molecule has 88 valence electrons. The summed E-state index contributed by atoms with van der Waals surface area (Å²) in [5, 5.41) is 4.72. The second-order valence-electron chi connectivity index (χ2n) is 3.51. The van der Waals surface area contributed by atoms with Crippen LogP contribution in [0.15, 0.2) is 23.7 Å². The molecule has 0 aliphatic rings. The minimum Gasteiger partial charge on any atom is -0.397 e. The Morgan fingerprint density at radius 3 is 3.00 bits per heavy atom. The zero-order valence-corrected chi connectivity index (χ0v) is 10.6. The van der Waals surface area contributed by atoms with Crippen molar-refractivity contribution in [1.82, 2.24) is 4.98 Å². The number of halogens is 1. The van der Waals surface area contributed by atoms with E-state index in [2.05, 4.69) is 10.3 Å². The lowest BCUT2D eigenvalue weighted by atomic mass is 10.3. The molecule has 0 saturated heterocycles. The molecule has 0 aliphatic heterocycles. The fourth-order valence-electron chi connectivity index (χ4n) is 1.32. The molecule has 1 amide bonds. The van der Waals surface area contributed by atoms with E-state index >= 15 is 0 Å². The van der Waals surface area contributed by atoms with Crippen LogP contribution in [0.25, 0.3) is 0 Å². The molecule has 2 heterocycles. The van der Waals surface area contributed by atoms with Crippen LogP contribution < -0.4 is 11.1 Å². The summed E-state index contributed by atoms with van der Waals surface area (Å²) in [7, 11) is 0. The first kappa shape index (κ1) is 11.9. The Kier molecular flexibility index (Phi) is 3.31. The van der Waals surface area contributed by atoms with Crippen molar-refractivity contribution in [3.63, 3.8) is 0 Å². The standard InChI is InChI=1S/C11H10ClN3OS/c1-6-4-8(10(12)14-5-6)15-11(16)9-7(13)2-3-17-9/h2-5H,13H2,1H3,(H,15,16). The van der Waals surface area contributed by atoms with Crippen LogP contribution in [0.4, 0.5) is 11.4 Å². The number of nitrogens with zero attached hydrogens (tertiary/aromatic N) is 1. The molecule has 2 aromatic rings. The normalized spacial score (nSPS) is 10.2. The molecule has 4 nitrogen and oxygen atoms in total. The summed E-state index contributed by atoms with van der Waals surface area (Å²) in [5.74, 6) is -0.271. The highest BCUT2D eigenvalue weighted by Gasteiger charge is 2.13. The van der Waals surface area contributed by atoms with Gasteiger partial charge in [0.25, 0.3) is 5.91 Å². The van der Waals surface area contributed by atoms with Crippen LogP contribution in [-0.4, -0.2) is 10.9 Å². The number of aryl methyl sites for hydroxylation is 1. The number of amides is 1. The molecule has 2 rings (SSSR count). The lowest BCUT2D eigenvalue weighted by Crippen LogP contribution is -2.12. The van der Waals surface area contributed by atoms with Crippen molar-refractivity contribution in [1.29, 1.82) is 0 Å². The Morgan fingerprint density at radius 2 is 2.35 bits per heavy atom. The number of aromatic nitrogens is 1. The number of rotatable bonds is 2. The molecule has 0 fully saturated rings. The first-order valence-electron chi connectivity index (χ1n) is 4.84. The number of nitrogens with one attached hydrogen (secondary N) is 1. The summed E-state index contributed by atoms with van der Waals surface area (Å²) < 4.78 is 0. The van der Waals surface area contributed by atoms with Crippen molar-refractivity contribution in [3.8, 4) is 0 Å². The number of thiophene rings is 1. The Bertz CT molecular complexity index is 568. The van der Waals surface area contributed by atoms with Crippen LogP contribution in [0.2, 0.25) is 5.15 Å². The van der Waals surface area contributed by atoms with Gasteiger partial charge in [-0.25, -0.2) is 4.98 Å². The van der Waals surface area contributed by atoms with E-state index in [0.29, 0.717) is 16.3 Å². The Balaban J connectivity index is 2.24. The van der Waals surface area contributed by atoms with Gasteiger partial charge in [0, 0.05) is 6.20 Å². The highest BCUT2D eigenvalue weighted by molar-refractivity contribution is 7.12. The zero-order chi connectivity index (χ0) is 12.4. The van der Waals surface area contributed by atoms with E-state index in [4.69, 9.17) is 17.3 Å². The van der Waals surface area contributed by atoms with Gasteiger partial charge >= 0.3 is 0 Å². The maximum atomic E-state index is 11.9. The van der Waals surface area contributed by atoms with Crippen molar-refractivity contribution in [3.05, 3.63) is 39.3 Å². The van der Waals surface area contributed by atoms with Gasteiger partial charge in [0.2, 0.25) is 0 Å². The van der Waals surface area contributed by atoms with Crippen molar-refractivity contribution >= 4 is 40.2 Å². The Morgan fingerprint density at radius 1 is 1.59 bits per heavy atom. The quantitative estimate of drug-likeness (QED) is 0.822. The number of hydrogen-bond donors (Lipinski definition) is 2. The smallest absolute Gasteiger partial charge is 0.267 e. The minimum absolute atomic E-state index is 0.263. The van der Waals surface area contributed by atoms with Crippen molar-refractivity contribution in [2.45, 2.75) is 6.92 Å². The second-order valence-corrected chi connectivity index (χ2v) is 4.78. The van der Waals surface area contributed by atoms with Gasteiger partial charge in [-0.05, 0) is 30.0 Å². The summed E-state index contributed by atoms with van der Waals surface area (Å²) in [6, 6.07) is 3.45. The van der Waals surface area contributed by atoms with Gasteiger partial charge in [0.05, 0.1) is 11.4 Å². The topological polar surface area (TPSA) is 68.0 Å². The maximum Gasteiger partial charge on any atom is 0.267 e. The van der Waals surface area contributed by atoms with Crippen LogP contribution in [-0.2, 0) is 0 Å². The van der Waals surface area contributed by atoms with Gasteiger partial charge in [-0.3, -0.25) is 4.79 Å². The van der Waals surface area contributed by atoms with E-state index < -0.39 is 0 Å². The molecule has 0 aliphatic carbocycles. The Hall–Kier alpha value is -1.59. The molecule has 3 N–H and O–H groups in total. The van der Waals surface area contributed by atoms with Crippen molar-refractivity contribution < 1.29 is 4.79 Å². The Labute approximate surface area is 107 Å². The molecule has 0 atom stereocenters. The number of carbonyl (C=O) groups excluding carboxylic acids is 1. The SMILES string of the molecule is Cc1cnc(Cl)c(NC(=O)c2sccc2N)c1. The molecule has 17 heavy (non-hydrogen) atoms. The minimum atomic E-state index is -0.271. The maximum absolute atomic E-state index is 11.9. The van der Waals surface area contributed by atoms with Crippen LogP contribution >= 0.6 is 22.9 Å². The largest absolute Gasteiger partial charge is 0.397 e. The fourth-order valence-corrected chi connectivity index (χ4v) is 2.19. The average molecular weight is 268 g/mol. The van der Waals surface area contributed by atoms with E-state index in [1.807, 2.05) is 6.92 Å². The van der Waals surface area contributed by atoms with E-state index in [9.17, 15) is 4.79 Å². The molecular formula is C11H10ClN3OS. The fraction of sp³-hybridized carbons (Fsp3) is 0.0909. The van der Waals surface area contributed by atoms with E-state index in [0.717, 1.165) is 5.56 Å². The first-order valence-corrected chi connectivity index (χ1v) is 6.10. The highest BCUT2D eigenvalue weighted by atomic mass is 35.5. The lowest BCUT2D eigenvalue weighted by Gasteiger charge is -2.06. The zero-order valence-electron chi connectivity index (χ0n) is 9.03. The number of nitrogens with two attached hydrogens (primary N) is 1. The van der Waals surface area contributed by atoms with Crippen LogP contribution in [0.1, 0.15) is 15.2 Å². The van der Waals surface area contributed by atoms with Gasteiger partial charge in [-0.2, -0.15) is 0 Å². The predicted octanol–water partition coefficient (Wildman–Crippen LogP) is 2.94. The molecule has 0 unspecified atom stereocenters. The molecule has 0 aromatic carbocycles. The summed E-state index contributed by atoms with van der Waals surface area (Å²) in [6.07, 6.45) is 1.64. The highest BCUT2D eigenvalue weighted by Crippen LogP contribution is 2.24. The monoisotopic (exact) mass is 267 g/mol. The van der Waals surface area contributed by atoms with Gasteiger partial charge in [0.1, 0.15) is 4.88 Å². The average Bonchev–Trinajstić information content (AvgIpc) is 2.70. The van der Waals surface area contributed by atoms with Crippen molar-refractivity contribution in [2.24, 2.45) is 0 Å². The number of nitrogen functional groups attached to an aromatic ring is 1. The van der Waals surface area contributed by atoms with E-state index in [-0.39, 0.29) is 11.1 Å². The predicted molar refractivity (Wildman–Crippen MR) is 70.7 cm³/mol. The molecular weight excluding hydrogens is 258 g/mol. The molecule has 0 bridgehead atoms. The third kappa shape index (κ3) is 2.57. The summed E-state index contributed by atoms with van der Waals surface area (Å²) in [6.45, 7) is 1.87. The summed E-state index contributed by atoms with van der Waals surface area (Å²) >= 11 is 7.17. The number of carbonyl (C=O) groups is 1. The third-order valence-electron chi connectivity index (χ3n) is 2.13. The third-order valence-corrected chi connectivity index (χ3v) is 3.36. The van der Waals surface area contributed by atoms with Crippen LogP contribution in [0, 0.1) is 6.92 Å². The van der Waals surface area contributed by atoms with Crippen molar-refractivity contribution in [2.75, 3.05) is 11.1 Å². The van der Waals surface area contributed by atoms with E-state index in [1.54, 1.807) is 23.7 Å². The molecule has 0 spiro atoms. The second kappa shape index (κ2) is 4.73. The van der Waals surface area contributed by atoms with Crippen LogP contribution in [0.3, 0.4) is 0 Å². The summed E-state index contributed by atoms with van der Waals surface area (Å²) in [4.78, 5) is 16.3. The molecule has 2 aromatic heterocycles. The molecule has 0 radical (unpaired) electrons. The number of pyridine rings is 1. The number of anilines is 2. The lowest BCUT2D eigenvalue weighted by molar-refractivity contribution is 0.103. The molecule has 0 saturated carbocycles. The van der Waals surface area contributed by atoms with Gasteiger partial charge < -0.3 is 11.1 Å². The van der Waals surface area contributed by atoms with E-state index in [1.165, 1.54) is 11.3 Å².